The van der Waals surface area contributed by atoms with E-state index in [0.29, 0.717) is 41.7 Å². The van der Waals surface area contributed by atoms with Crippen molar-refractivity contribution in [2.24, 2.45) is 56.7 Å². The number of benzene rings is 1. The van der Waals surface area contributed by atoms with Gasteiger partial charge in [-0.25, -0.2) is 4.79 Å². The van der Waals surface area contributed by atoms with Gasteiger partial charge in [0.2, 0.25) is 0 Å². The van der Waals surface area contributed by atoms with E-state index in [1.165, 1.54) is 55.9 Å². The Kier molecular flexibility index (Phi) is 11.5. The lowest BCUT2D eigenvalue weighted by molar-refractivity contribution is -0.225. The summed E-state index contributed by atoms with van der Waals surface area (Å²) >= 11 is 0. The van der Waals surface area contributed by atoms with E-state index in [0.717, 1.165) is 25.7 Å². The van der Waals surface area contributed by atoms with Crippen molar-refractivity contribution < 1.29 is 28.6 Å². The van der Waals surface area contributed by atoms with E-state index in [2.05, 4.69) is 71.6 Å². The van der Waals surface area contributed by atoms with Crippen molar-refractivity contribution in [3.63, 3.8) is 0 Å². The van der Waals surface area contributed by atoms with Gasteiger partial charge in [0.25, 0.3) is 0 Å². The maximum absolute atomic E-state index is 13.1. The quantitative estimate of drug-likeness (QED) is 0.151. The molecule has 0 aliphatic heterocycles. The zero-order valence-electron chi connectivity index (χ0n) is 37.8. The Labute approximate surface area is 344 Å². The number of methoxy groups -OCH3 is 1. The van der Waals surface area contributed by atoms with Crippen molar-refractivity contribution >= 4 is 23.5 Å². The zero-order valence-corrected chi connectivity index (χ0v) is 37.8. The van der Waals surface area contributed by atoms with Crippen LogP contribution in [0.25, 0.3) is 5.57 Å². The predicted molar refractivity (Wildman–Crippen MR) is 228 cm³/mol. The average molecular weight is 786 g/mol. The highest BCUT2D eigenvalue weighted by Crippen LogP contribution is 2.77. The lowest BCUT2D eigenvalue weighted by atomic mass is 9.32. The summed E-state index contributed by atoms with van der Waals surface area (Å²) in [7, 11) is 1.40. The minimum Gasteiger partial charge on any atom is -0.468 e. The molecule has 1 N–H and O–H groups in total. The molecule has 7 heteroatoms. The second kappa shape index (κ2) is 15.0. The summed E-state index contributed by atoms with van der Waals surface area (Å²) in [6, 6.07) is 7.39. The maximum Gasteiger partial charge on any atom is 0.338 e. The van der Waals surface area contributed by atoms with Gasteiger partial charge in [0, 0.05) is 6.54 Å². The average Bonchev–Trinajstić information content (AvgIpc) is 3.48. The molecule has 10 atom stereocenters. The first kappa shape index (κ1) is 43.6. The fourth-order valence-corrected chi connectivity index (χ4v) is 14.1. The van der Waals surface area contributed by atoms with Gasteiger partial charge in [0.15, 0.2) is 0 Å². The standard InChI is InChI=1S/C50H75NO6/c1-31(2)34-21-26-50(30-51-37(43(54)55-14)29-40(52)56-44(3,4)5)28-27-48(12)36(41(34)50)19-20-39-47(11)24-22-35(46(9,10)38(47)23-25-49(39,48)13)32-15-17-33(18-16-32)42(53)57-45(6,7)8/h15-18,22,34,36-39,41,51H,1,19-21,23-30H2,2-14H3/t34-,36+,37-,38-,39+,41+,47-,48+,49+,50+/m0/s1. The second-order valence-electron chi connectivity index (χ2n) is 22.4. The molecular weight excluding hydrogens is 711 g/mol. The van der Waals surface area contributed by atoms with Crippen molar-refractivity contribution in [2.45, 2.75) is 165 Å². The van der Waals surface area contributed by atoms with E-state index in [1.54, 1.807) is 0 Å². The Morgan fingerprint density at radius 2 is 1.47 bits per heavy atom. The molecule has 5 aliphatic carbocycles. The Balaban J connectivity index is 1.26. The van der Waals surface area contributed by atoms with Gasteiger partial charge in [-0.1, -0.05) is 65.0 Å². The fraction of sp³-hybridized carbons (Fsp3) is 0.740. The van der Waals surface area contributed by atoms with Gasteiger partial charge in [-0.3, -0.25) is 9.59 Å². The number of hydrogen-bond acceptors (Lipinski definition) is 7. The van der Waals surface area contributed by atoms with Crippen molar-refractivity contribution in [3.05, 3.63) is 53.6 Å². The molecule has 0 heterocycles. The van der Waals surface area contributed by atoms with Crippen LogP contribution in [0.2, 0.25) is 0 Å². The molecule has 0 saturated heterocycles. The molecule has 0 spiro atoms. The van der Waals surface area contributed by atoms with Crippen LogP contribution in [0.4, 0.5) is 0 Å². The van der Waals surface area contributed by atoms with E-state index in [-0.39, 0.29) is 45.4 Å². The highest BCUT2D eigenvalue weighted by atomic mass is 16.6. The third-order valence-corrected chi connectivity index (χ3v) is 16.6. The van der Waals surface area contributed by atoms with Crippen molar-refractivity contribution in [3.8, 4) is 0 Å². The molecule has 0 unspecified atom stereocenters. The van der Waals surface area contributed by atoms with Crippen molar-refractivity contribution in [1.29, 1.82) is 0 Å². The SMILES string of the molecule is C=C(C)[C@@H]1CC[C@]2(CN[C@@H](CC(=O)OC(C)(C)C)C(=O)OC)CC[C@]3(C)[C@H](CC[C@@H]4[C@@]5(C)CC=C(c6ccc(C(=O)OC(C)(C)C)cc6)C(C)(C)[C@@H]5CC[C@]43C)[C@@H]12. The molecule has 1 aromatic carbocycles. The summed E-state index contributed by atoms with van der Waals surface area (Å²) in [4.78, 5) is 38.8. The van der Waals surface area contributed by atoms with Crippen molar-refractivity contribution in [1.82, 2.24) is 5.32 Å². The molecule has 5 aliphatic rings. The van der Waals surface area contributed by atoms with Crippen LogP contribution in [0.1, 0.15) is 163 Å². The molecule has 7 nitrogen and oxygen atoms in total. The summed E-state index contributed by atoms with van der Waals surface area (Å²) in [5.74, 6) is 1.58. The minimum atomic E-state index is -0.740. The van der Waals surface area contributed by atoms with Gasteiger partial charge < -0.3 is 19.5 Å². The van der Waals surface area contributed by atoms with E-state index < -0.39 is 23.2 Å². The van der Waals surface area contributed by atoms with E-state index in [4.69, 9.17) is 14.2 Å². The van der Waals surface area contributed by atoms with Crippen LogP contribution in [0.5, 0.6) is 0 Å². The molecule has 316 valence electrons. The highest BCUT2D eigenvalue weighted by molar-refractivity contribution is 5.90. The van der Waals surface area contributed by atoms with Gasteiger partial charge in [0.05, 0.1) is 19.1 Å². The number of fused-ring (bicyclic) bond motifs is 7. The molecule has 0 amide bonds. The Morgan fingerprint density at radius 1 is 0.825 bits per heavy atom. The number of rotatable bonds is 9. The molecule has 0 aromatic heterocycles. The number of nitrogens with one attached hydrogen (secondary N) is 1. The lowest BCUT2D eigenvalue weighted by Crippen LogP contribution is -2.66. The smallest absolute Gasteiger partial charge is 0.338 e. The monoisotopic (exact) mass is 786 g/mol. The Hall–Kier alpha value is -2.93. The van der Waals surface area contributed by atoms with Crippen LogP contribution in [0.15, 0.2) is 42.5 Å². The first-order valence-corrected chi connectivity index (χ1v) is 22.0. The largest absolute Gasteiger partial charge is 0.468 e. The van der Waals surface area contributed by atoms with Crippen LogP contribution in [0.3, 0.4) is 0 Å². The first-order chi connectivity index (χ1) is 26.3. The first-order valence-electron chi connectivity index (χ1n) is 22.0. The summed E-state index contributed by atoms with van der Waals surface area (Å²) in [5.41, 5.74) is 3.93. The number of hydrogen-bond donors (Lipinski definition) is 1. The Bertz CT molecular complexity index is 1760. The number of carbonyl (C=O) groups excluding carboxylic acids is 3. The second-order valence-corrected chi connectivity index (χ2v) is 22.4. The normalized spacial score (nSPS) is 36.3. The maximum atomic E-state index is 13.1. The van der Waals surface area contributed by atoms with Gasteiger partial charge >= 0.3 is 17.9 Å². The van der Waals surface area contributed by atoms with Crippen LogP contribution in [-0.2, 0) is 23.8 Å². The van der Waals surface area contributed by atoms with E-state index >= 15 is 0 Å². The van der Waals surface area contributed by atoms with E-state index in [9.17, 15) is 14.4 Å². The third-order valence-electron chi connectivity index (χ3n) is 16.6. The van der Waals surface area contributed by atoms with Crippen LogP contribution < -0.4 is 5.32 Å². The summed E-state index contributed by atoms with van der Waals surface area (Å²) in [6.45, 7) is 31.7. The topological polar surface area (TPSA) is 90.9 Å². The zero-order chi connectivity index (χ0) is 42.1. The molecule has 1 aromatic rings. The highest BCUT2D eigenvalue weighted by Gasteiger charge is 2.70. The minimum absolute atomic E-state index is 0.0150. The van der Waals surface area contributed by atoms with Gasteiger partial charge in [-0.2, -0.15) is 0 Å². The Morgan fingerprint density at radius 3 is 2.07 bits per heavy atom. The molecule has 0 bridgehead atoms. The summed E-state index contributed by atoms with van der Waals surface area (Å²) in [5, 5.41) is 3.61. The molecule has 6 rings (SSSR count). The summed E-state index contributed by atoms with van der Waals surface area (Å²) in [6.07, 6.45) is 13.0. The summed E-state index contributed by atoms with van der Waals surface area (Å²) < 4.78 is 16.5. The lowest BCUT2D eigenvalue weighted by Gasteiger charge is -2.72. The van der Waals surface area contributed by atoms with Gasteiger partial charge in [0.1, 0.15) is 17.2 Å². The predicted octanol–water partition coefficient (Wildman–Crippen LogP) is 11.2. The van der Waals surface area contributed by atoms with Crippen LogP contribution in [0, 0.1) is 56.7 Å². The number of esters is 3. The molecular formula is C50H75NO6. The fourth-order valence-electron chi connectivity index (χ4n) is 14.1. The molecule has 4 saturated carbocycles. The van der Waals surface area contributed by atoms with Gasteiger partial charge in [-0.15, -0.1) is 0 Å². The van der Waals surface area contributed by atoms with Crippen LogP contribution >= 0.6 is 0 Å². The van der Waals surface area contributed by atoms with Crippen LogP contribution in [-0.4, -0.2) is 48.8 Å². The van der Waals surface area contributed by atoms with E-state index in [1.807, 2.05) is 53.7 Å². The molecule has 57 heavy (non-hydrogen) atoms. The third kappa shape index (κ3) is 7.70. The van der Waals surface area contributed by atoms with Gasteiger partial charge in [-0.05, 0) is 186 Å². The molecule has 0 radical (unpaired) electrons. The number of ether oxygens (including phenoxy) is 3. The molecule has 4 fully saturated rings. The van der Waals surface area contributed by atoms with Crippen molar-refractivity contribution in [2.75, 3.05) is 13.7 Å². The number of allylic oxidation sites excluding steroid dienone is 3. The number of carbonyl (C=O) groups is 3.